The third-order valence-corrected chi connectivity index (χ3v) is 26.0. The van der Waals surface area contributed by atoms with E-state index in [1.54, 1.807) is 114 Å². The first kappa shape index (κ1) is 87.4. The van der Waals surface area contributed by atoms with Crippen LogP contribution in [0, 0.1) is 0 Å². The lowest BCUT2D eigenvalue weighted by Crippen LogP contribution is -2.67. The first-order chi connectivity index (χ1) is 58.6. The van der Waals surface area contributed by atoms with E-state index in [2.05, 4.69) is 60.4 Å². The molecule has 121 heavy (non-hydrogen) atoms. The van der Waals surface area contributed by atoms with E-state index in [4.69, 9.17) is 61.3 Å². The van der Waals surface area contributed by atoms with Gasteiger partial charge in [-0.15, -0.1) is 0 Å². The first-order valence-electron chi connectivity index (χ1n) is 40.0. The zero-order valence-corrected chi connectivity index (χ0v) is 70.7. The molecule has 8 aromatic carbocycles. The fourth-order valence-electron chi connectivity index (χ4n) is 15.1. The molecule has 30 heteroatoms. The Balaban J connectivity index is 0.000000220. The second kappa shape index (κ2) is 39.8. The minimum Gasteiger partial charge on any atom is -0.493 e. The maximum Gasteiger partial charge on any atom is 0.412 e. The van der Waals surface area contributed by atoms with Crippen LogP contribution in [-0.4, -0.2) is 177 Å². The predicted octanol–water partition coefficient (Wildman–Crippen LogP) is 13.2. The van der Waals surface area contributed by atoms with Crippen LogP contribution in [0.3, 0.4) is 0 Å². The maximum absolute atomic E-state index is 14.7. The third kappa shape index (κ3) is 19.1. The number of benzene rings is 8. The van der Waals surface area contributed by atoms with E-state index < -0.39 is 32.7 Å². The number of aliphatic hydroxyl groups is 1. The van der Waals surface area contributed by atoms with Crippen LogP contribution in [0.25, 0.3) is 44.1 Å². The van der Waals surface area contributed by atoms with Crippen molar-refractivity contribution in [3.8, 4) is 80.0 Å². The molecule has 2 aliphatic carbocycles. The summed E-state index contributed by atoms with van der Waals surface area (Å²) in [6.07, 6.45) is -0.169. The van der Waals surface area contributed by atoms with E-state index in [0.29, 0.717) is 150 Å². The number of rotatable bonds is 31. The van der Waals surface area contributed by atoms with Crippen LogP contribution in [0.2, 0.25) is 5.04 Å². The highest BCUT2D eigenvalue weighted by Gasteiger charge is 2.50. The molecule has 4 aliphatic rings. The highest BCUT2D eigenvalue weighted by molar-refractivity contribution is 6.99. The van der Waals surface area contributed by atoms with Crippen LogP contribution in [0.4, 0.5) is 19.2 Å². The molecule has 4 amide bonds. The summed E-state index contributed by atoms with van der Waals surface area (Å²) >= 11 is 0. The van der Waals surface area contributed by atoms with Crippen LogP contribution in [0.1, 0.15) is 110 Å². The predicted molar refractivity (Wildman–Crippen MR) is 455 cm³/mol. The molecule has 2 aromatic heterocycles. The molecular weight excluding hydrogens is 1570 g/mol. The standard InChI is InChI=1S/C52H55N3O11Si.C36H37N3O11.C3H8O/c1-7-23-53-50(58)66-35-21-19-34(20-22-35)32-62-51(59)54(26-27-65-67(52(2,3)4,36-15-10-8-11-16-36)37-17-12-9-13-18-37)24-14-25-55-47-39-29-44-45(64-33-63-44)30-40(39)48(56)46(47)38-28-42(60-5)43(61-6)31-41(38)49(55)57;1-4-10-37-35(43)50-22-8-6-21(7-9-22)19-47-36(44)38(13-14-40)11-5-12-39-32-24-16-29-30(49-20-48-29)17-25(24)33(41)31(32)23-15-27(45-2)28(46-3)18-26(23)34(39)42;1-3-4-2/h8-13,15-22,28-31H,7,14,23-27,32-33H2,1-6H3,(H,53,58);6-9,15-18,40H,4-5,10-14,19-20H2,1-3H3,(H,37,43);3H2,1-2H3. The van der Waals surface area contributed by atoms with Crippen molar-refractivity contribution in [2.24, 2.45) is 0 Å². The number of pyridine rings is 2. The molecule has 2 aliphatic heterocycles. The largest absolute Gasteiger partial charge is 0.493 e. The maximum atomic E-state index is 14.7. The van der Waals surface area contributed by atoms with Crippen molar-refractivity contribution in [1.29, 1.82) is 0 Å². The second-order valence-corrected chi connectivity index (χ2v) is 33.9. The van der Waals surface area contributed by atoms with Crippen LogP contribution < -0.4 is 79.5 Å². The number of ether oxygens (including phenoxy) is 13. The lowest BCUT2D eigenvalue weighted by Gasteiger charge is -2.43. The summed E-state index contributed by atoms with van der Waals surface area (Å²) in [5.74, 6) is 3.42. The normalized spacial score (nSPS) is 12.4. The van der Waals surface area contributed by atoms with Gasteiger partial charge in [-0.3, -0.25) is 19.2 Å². The number of hydrogen-bond acceptors (Lipinski definition) is 23. The molecule has 0 fully saturated rings. The quantitative estimate of drug-likeness (QED) is 0.0340. The Labute approximate surface area is 700 Å². The van der Waals surface area contributed by atoms with Gasteiger partial charge in [-0.2, -0.15) is 0 Å². The summed E-state index contributed by atoms with van der Waals surface area (Å²) in [6, 6.07) is 47.1. The lowest BCUT2D eigenvalue weighted by atomic mass is 10.0. The minimum absolute atomic E-state index is 0.00496. The van der Waals surface area contributed by atoms with E-state index in [1.165, 1.54) is 37.9 Å². The van der Waals surface area contributed by atoms with Gasteiger partial charge in [0.25, 0.3) is 19.4 Å². The molecule has 0 bridgehead atoms. The Morgan fingerprint density at radius 2 is 0.843 bits per heavy atom. The summed E-state index contributed by atoms with van der Waals surface area (Å²) in [6.45, 7) is 14.9. The summed E-state index contributed by atoms with van der Waals surface area (Å²) in [7, 11) is 4.64. The van der Waals surface area contributed by atoms with Crippen molar-refractivity contribution >= 4 is 76.2 Å². The molecule has 0 spiro atoms. The molecule has 14 rings (SSSR count). The van der Waals surface area contributed by atoms with Crippen molar-refractivity contribution in [1.82, 2.24) is 29.6 Å². The first-order valence-corrected chi connectivity index (χ1v) is 41.9. The zero-order valence-electron chi connectivity index (χ0n) is 69.7. The van der Waals surface area contributed by atoms with Gasteiger partial charge in [-0.25, -0.2) is 19.2 Å². The number of carbonyl (C=O) groups is 6. The number of fused-ring (bicyclic) bond motifs is 12. The van der Waals surface area contributed by atoms with Gasteiger partial charge in [-0.05, 0) is 132 Å². The number of methoxy groups -OCH3 is 5. The number of hydrogen-bond donors (Lipinski definition) is 3. The third-order valence-electron chi connectivity index (χ3n) is 21.0. The van der Waals surface area contributed by atoms with Gasteiger partial charge in [0.15, 0.2) is 57.6 Å². The summed E-state index contributed by atoms with van der Waals surface area (Å²) < 4.78 is 81.5. The van der Waals surface area contributed by atoms with Gasteiger partial charge in [0.05, 0.1) is 74.9 Å². The Morgan fingerprint density at radius 3 is 1.19 bits per heavy atom. The molecule has 0 saturated heterocycles. The Morgan fingerprint density at radius 1 is 0.479 bits per heavy atom. The minimum atomic E-state index is -2.97. The molecule has 4 heterocycles. The number of nitrogens with one attached hydrogen (secondary N) is 2. The second-order valence-electron chi connectivity index (χ2n) is 29.6. The molecule has 3 N–H and O–H groups in total. The van der Waals surface area contributed by atoms with Gasteiger partial charge in [0.1, 0.15) is 24.7 Å². The van der Waals surface area contributed by atoms with E-state index in [1.807, 2.05) is 57.2 Å². The molecular formula is C91H100N6O23Si. The monoisotopic (exact) mass is 1670 g/mol. The number of aliphatic hydroxyl groups excluding tert-OH is 1. The van der Waals surface area contributed by atoms with Crippen LogP contribution >= 0.6 is 0 Å². The van der Waals surface area contributed by atoms with E-state index in [0.717, 1.165) is 29.8 Å². The van der Waals surface area contributed by atoms with Gasteiger partial charge in [0, 0.05) is 99.1 Å². The van der Waals surface area contributed by atoms with Crippen LogP contribution in [0.15, 0.2) is 167 Å². The molecule has 0 atom stereocenters. The van der Waals surface area contributed by atoms with Crippen molar-refractivity contribution in [2.75, 3.05) is 108 Å². The highest BCUT2D eigenvalue weighted by atomic mass is 28.4. The summed E-state index contributed by atoms with van der Waals surface area (Å²) in [5.41, 5.74) is 4.07. The van der Waals surface area contributed by atoms with E-state index in [-0.39, 0.29) is 118 Å². The van der Waals surface area contributed by atoms with Crippen molar-refractivity contribution in [2.45, 2.75) is 98.6 Å². The number of ketones is 2. The zero-order chi connectivity index (χ0) is 86.1. The smallest absolute Gasteiger partial charge is 0.412 e. The number of carbonyl (C=O) groups excluding carboxylic acids is 6. The topological polar surface area (TPSA) is 326 Å². The lowest BCUT2D eigenvalue weighted by molar-refractivity contribution is 0.0874. The van der Waals surface area contributed by atoms with Gasteiger partial charge in [-0.1, -0.05) is 120 Å². The average Bonchev–Trinajstić information content (AvgIpc) is 1.56. The Bertz CT molecular complexity index is 5520. The van der Waals surface area contributed by atoms with Crippen LogP contribution in [-0.2, 0) is 44.9 Å². The Hall–Kier alpha value is -12.9. The van der Waals surface area contributed by atoms with Gasteiger partial charge >= 0.3 is 24.4 Å². The fraction of sp³-hybridized carbons (Fsp3) is 0.341. The summed E-state index contributed by atoms with van der Waals surface area (Å²) in [4.78, 5) is 111. The number of aromatic nitrogens is 2. The van der Waals surface area contributed by atoms with Crippen molar-refractivity contribution < 1.29 is 99.9 Å². The Kier molecular flexibility index (Phi) is 28.7. The molecule has 10 aromatic rings. The summed E-state index contributed by atoms with van der Waals surface area (Å²) in [5, 5.41) is 18.3. The van der Waals surface area contributed by atoms with Gasteiger partial charge in [0.2, 0.25) is 13.6 Å². The molecule has 0 unspecified atom stereocenters. The van der Waals surface area contributed by atoms with Crippen LogP contribution in [0.5, 0.6) is 57.5 Å². The fourth-order valence-corrected chi connectivity index (χ4v) is 19.6. The number of nitrogens with zero attached hydrogens (tertiary/aromatic N) is 4. The van der Waals surface area contributed by atoms with Gasteiger partial charge < -0.3 is 101 Å². The molecule has 0 radical (unpaired) electrons. The molecule has 29 nitrogen and oxygen atoms in total. The number of amides is 4. The van der Waals surface area contributed by atoms with Crippen molar-refractivity contribution in [3.63, 3.8) is 0 Å². The van der Waals surface area contributed by atoms with Crippen molar-refractivity contribution in [3.05, 3.63) is 212 Å². The van der Waals surface area contributed by atoms with E-state index in [9.17, 15) is 43.5 Å². The SMILES string of the molecule is CCCNC(=O)Oc1ccc(COC(=O)N(CCCn2c3c(c4cc(OC)c(OC)cc4c2=O)C(=O)c2cc4c(cc2-3)OCO4)CCO[Si](c2ccccc2)(c2ccccc2)C(C)(C)C)cc1.CCCNC(=O)Oc1ccc(COC(=O)N(CCO)CCCn2c3c(c4cc(OC)c(OC)cc4c2=O)C(=O)c2cc4c(cc2-3)OCO4)cc1.CCOC. The molecule has 636 valence electrons. The highest BCUT2D eigenvalue weighted by Crippen LogP contribution is 2.50. The average molecular weight is 1670 g/mol. The van der Waals surface area contributed by atoms with E-state index >= 15 is 0 Å². The molecule has 0 saturated carbocycles.